The molecular weight excluding hydrogens is 615 g/mol. The van der Waals surface area contributed by atoms with Gasteiger partial charge in [0.25, 0.3) is 0 Å². The fourth-order valence-electron chi connectivity index (χ4n) is 6.00. The highest BCUT2D eigenvalue weighted by molar-refractivity contribution is 7.47. The van der Waals surface area contributed by atoms with Gasteiger partial charge in [-0.25, -0.2) is 4.57 Å². The zero-order chi connectivity index (χ0) is 34.9. The monoisotopic (exact) mass is 693 g/mol. The Labute approximate surface area is 289 Å². The van der Waals surface area contributed by atoms with Crippen molar-refractivity contribution in [1.82, 2.24) is 5.32 Å². The summed E-state index contributed by atoms with van der Waals surface area (Å²) in [5.74, 6) is -0.412. The molecule has 0 heterocycles. The quantitative estimate of drug-likeness (QED) is 0.0319. The molecule has 4 atom stereocenters. The van der Waals surface area contributed by atoms with E-state index >= 15 is 0 Å². The second-order valence-electron chi connectivity index (χ2n) is 13.7. The third kappa shape index (κ3) is 32.4. The minimum absolute atomic E-state index is 0.0623. The van der Waals surface area contributed by atoms with E-state index in [-0.39, 0.29) is 26.2 Å². The molecular formula is C37H77N2O7P. The largest absolute Gasteiger partial charge is 0.472 e. The summed E-state index contributed by atoms with van der Waals surface area (Å²) in [4.78, 5) is 22.7. The number of phosphoric acid groups is 1. The maximum Gasteiger partial charge on any atom is 0.472 e. The molecule has 0 bridgehead atoms. The topological polar surface area (TPSA) is 151 Å². The molecule has 1 amide bonds. The molecule has 0 aliphatic carbocycles. The van der Waals surface area contributed by atoms with E-state index in [0.717, 1.165) is 38.5 Å². The number of hydrogen-bond acceptors (Lipinski definition) is 7. The Bertz CT molecular complexity index is 731. The Balaban J connectivity index is 4.33. The third-order valence-electron chi connectivity index (χ3n) is 9.02. The van der Waals surface area contributed by atoms with Gasteiger partial charge in [-0.3, -0.25) is 13.8 Å². The smallest absolute Gasteiger partial charge is 0.393 e. The minimum Gasteiger partial charge on any atom is -0.393 e. The molecule has 0 radical (unpaired) electrons. The van der Waals surface area contributed by atoms with Crippen molar-refractivity contribution in [2.75, 3.05) is 19.8 Å². The molecule has 0 saturated heterocycles. The second kappa shape index (κ2) is 33.9. The lowest BCUT2D eigenvalue weighted by Gasteiger charge is -2.25. The molecule has 0 aromatic heterocycles. The lowest BCUT2D eigenvalue weighted by Crippen LogP contribution is -2.47. The van der Waals surface area contributed by atoms with Gasteiger partial charge in [0.05, 0.1) is 37.9 Å². The van der Waals surface area contributed by atoms with Gasteiger partial charge in [0.2, 0.25) is 5.91 Å². The average Bonchev–Trinajstić information content (AvgIpc) is 3.04. The molecule has 10 heteroatoms. The predicted octanol–water partition coefficient (Wildman–Crippen LogP) is 9.25. The van der Waals surface area contributed by atoms with E-state index < -0.39 is 32.0 Å². The summed E-state index contributed by atoms with van der Waals surface area (Å²) in [5, 5.41) is 24.1. The van der Waals surface area contributed by atoms with Gasteiger partial charge < -0.3 is 26.2 Å². The van der Waals surface area contributed by atoms with E-state index in [0.29, 0.717) is 12.8 Å². The van der Waals surface area contributed by atoms with Gasteiger partial charge in [0, 0.05) is 6.54 Å². The Hall–Kier alpha value is -0.540. The van der Waals surface area contributed by atoms with Crippen LogP contribution in [0.2, 0.25) is 0 Å². The molecule has 6 N–H and O–H groups in total. The highest BCUT2D eigenvalue weighted by Crippen LogP contribution is 2.43. The number of nitrogens with two attached hydrogens (primary N) is 1. The number of phosphoric ester groups is 1. The van der Waals surface area contributed by atoms with Crippen molar-refractivity contribution in [1.29, 1.82) is 0 Å². The molecule has 47 heavy (non-hydrogen) atoms. The van der Waals surface area contributed by atoms with E-state index in [4.69, 9.17) is 14.8 Å². The summed E-state index contributed by atoms with van der Waals surface area (Å²) < 4.78 is 22.0. The van der Waals surface area contributed by atoms with Crippen LogP contribution in [0.4, 0.5) is 0 Å². The fraction of sp³-hybridized carbons (Fsp3) is 0.973. The van der Waals surface area contributed by atoms with Gasteiger partial charge in [-0.2, -0.15) is 0 Å². The number of aliphatic hydroxyl groups excluding tert-OH is 2. The van der Waals surface area contributed by atoms with Crippen molar-refractivity contribution < 1.29 is 33.5 Å². The Kier molecular flexibility index (Phi) is 33.5. The van der Waals surface area contributed by atoms with Crippen molar-refractivity contribution in [3.8, 4) is 0 Å². The van der Waals surface area contributed by atoms with E-state index in [1.54, 1.807) is 0 Å². The van der Waals surface area contributed by atoms with Gasteiger partial charge in [-0.05, 0) is 12.8 Å². The van der Waals surface area contributed by atoms with Crippen molar-refractivity contribution in [2.24, 2.45) is 5.73 Å². The third-order valence-corrected chi connectivity index (χ3v) is 10.00. The first kappa shape index (κ1) is 46.5. The van der Waals surface area contributed by atoms with E-state index in [9.17, 15) is 24.5 Å². The Morgan fingerprint density at radius 1 is 0.638 bits per heavy atom. The molecule has 0 spiro atoms. The molecule has 0 rings (SSSR count). The lowest BCUT2D eigenvalue weighted by molar-refractivity contribution is -0.125. The van der Waals surface area contributed by atoms with Gasteiger partial charge >= 0.3 is 7.82 Å². The van der Waals surface area contributed by atoms with Crippen molar-refractivity contribution in [2.45, 2.75) is 212 Å². The zero-order valence-electron chi connectivity index (χ0n) is 30.7. The molecule has 282 valence electrons. The summed E-state index contributed by atoms with van der Waals surface area (Å²) in [7, 11) is -4.36. The zero-order valence-corrected chi connectivity index (χ0v) is 31.5. The highest BCUT2D eigenvalue weighted by Gasteiger charge is 2.28. The summed E-state index contributed by atoms with van der Waals surface area (Å²) in [6, 6.07) is -0.888. The van der Waals surface area contributed by atoms with Crippen LogP contribution >= 0.6 is 7.82 Å². The van der Waals surface area contributed by atoms with Crippen LogP contribution in [0.3, 0.4) is 0 Å². The van der Waals surface area contributed by atoms with Crippen LogP contribution in [0.15, 0.2) is 0 Å². The Morgan fingerprint density at radius 3 is 1.43 bits per heavy atom. The number of rotatable bonds is 37. The first-order valence-corrected chi connectivity index (χ1v) is 21.2. The van der Waals surface area contributed by atoms with Crippen LogP contribution in [-0.4, -0.2) is 59.0 Å². The van der Waals surface area contributed by atoms with Crippen molar-refractivity contribution in [3.63, 3.8) is 0 Å². The maximum atomic E-state index is 12.8. The number of amides is 1. The molecule has 0 aromatic carbocycles. The van der Waals surface area contributed by atoms with Gasteiger partial charge in [-0.15, -0.1) is 0 Å². The molecule has 0 aliphatic rings. The summed E-state index contributed by atoms with van der Waals surface area (Å²) in [6.45, 7) is 4.04. The number of carbonyl (C=O) groups excluding carboxylic acids is 1. The van der Waals surface area contributed by atoms with Crippen LogP contribution in [0.1, 0.15) is 194 Å². The maximum absolute atomic E-state index is 12.8. The number of unbranched alkanes of at least 4 members (excludes halogenated alkanes) is 23. The minimum atomic E-state index is -4.36. The normalized spacial score (nSPS) is 14.9. The van der Waals surface area contributed by atoms with E-state index in [1.165, 1.54) is 122 Å². The highest BCUT2D eigenvalue weighted by atomic mass is 31.2. The summed E-state index contributed by atoms with van der Waals surface area (Å²) in [6.07, 6.45) is 30.0. The first-order chi connectivity index (χ1) is 22.8. The number of hydrogen-bond donors (Lipinski definition) is 5. The number of carbonyl (C=O) groups is 1. The molecule has 0 fully saturated rings. The molecule has 0 saturated carbocycles. The molecule has 0 aromatic rings. The second-order valence-corrected chi connectivity index (χ2v) is 15.1. The average molecular weight is 693 g/mol. The van der Waals surface area contributed by atoms with Crippen LogP contribution in [-0.2, 0) is 18.4 Å². The van der Waals surface area contributed by atoms with Crippen LogP contribution in [0.25, 0.3) is 0 Å². The predicted molar refractivity (Wildman–Crippen MR) is 195 cm³/mol. The van der Waals surface area contributed by atoms with Crippen LogP contribution in [0, 0.1) is 0 Å². The molecule has 9 nitrogen and oxygen atoms in total. The first-order valence-electron chi connectivity index (χ1n) is 19.7. The van der Waals surface area contributed by atoms with Gasteiger partial charge in [0.1, 0.15) is 0 Å². The van der Waals surface area contributed by atoms with Crippen LogP contribution < -0.4 is 11.1 Å². The van der Waals surface area contributed by atoms with Crippen molar-refractivity contribution in [3.05, 3.63) is 0 Å². The van der Waals surface area contributed by atoms with E-state index in [1.807, 2.05) is 0 Å². The van der Waals surface area contributed by atoms with Crippen LogP contribution in [0.5, 0.6) is 0 Å². The standard InChI is InChI=1S/C37H77N2O7P/c1-3-5-7-9-11-13-15-17-19-21-23-25-27-29-36(41)35(33-46-47(43,44)45-31-30-38)39-37(42)32-34(40)28-26-24-22-20-18-16-14-12-10-8-6-4-2/h34-36,40-41H,3-33,38H2,1-2H3,(H,39,42)(H,43,44). The number of aliphatic hydroxyl groups is 2. The lowest BCUT2D eigenvalue weighted by atomic mass is 10.0. The molecule has 0 aliphatic heterocycles. The fourth-order valence-corrected chi connectivity index (χ4v) is 6.76. The van der Waals surface area contributed by atoms with Crippen molar-refractivity contribution >= 4 is 13.7 Å². The summed E-state index contributed by atoms with van der Waals surface area (Å²) >= 11 is 0. The summed E-state index contributed by atoms with van der Waals surface area (Å²) in [5.41, 5.74) is 5.35. The Morgan fingerprint density at radius 2 is 1.02 bits per heavy atom. The van der Waals surface area contributed by atoms with E-state index in [2.05, 4.69) is 19.2 Å². The number of nitrogens with one attached hydrogen (secondary N) is 1. The molecule has 4 unspecified atom stereocenters. The van der Waals surface area contributed by atoms with Gasteiger partial charge in [-0.1, -0.05) is 174 Å². The SMILES string of the molecule is CCCCCCCCCCCCCCCC(O)C(COP(=O)(O)OCCN)NC(=O)CC(O)CCCCCCCCCCCCCC. The van der Waals surface area contributed by atoms with Gasteiger partial charge in [0.15, 0.2) is 0 Å².